The van der Waals surface area contributed by atoms with Crippen LogP contribution in [-0.2, 0) is 25.7 Å². The van der Waals surface area contributed by atoms with E-state index in [1.807, 2.05) is 0 Å². The second-order valence-corrected chi connectivity index (χ2v) is 15.2. The third-order valence-corrected chi connectivity index (χ3v) is 10.2. The van der Waals surface area contributed by atoms with E-state index in [0.717, 1.165) is 7.57 Å². The summed E-state index contributed by atoms with van der Waals surface area (Å²) in [5, 5.41) is 0. The first-order valence-electron chi connectivity index (χ1n) is 8.92. The van der Waals surface area contributed by atoms with Gasteiger partial charge < -0.3 is 0 Å². The third kappa shape index (κ3) is 5.71. The van der Waals surface area contributed by atoms with E-state index in [1.165, 1.54) is 20.9 Å². The Kier molecular flexibility index (Phi) is 7.37. The highest BCUT2D eigenvalue weighted by atomic mass is 79.9. The predicted molar refractivity (Wildman–Crippen MR) is 124 cm³/mol. The number of unbranched alkanes of at least 4 members (excludes halogenated alkanes) is 2. The molecule has 0 atom stereocenters. The van der Waals surface area contributed by atoms with Gasteiger partial charge in [-0.1, -0.05) is 12.8 Å². The van der Waals surface area contributed by atoms with Crippen molar-refractivity contribution < 1.29 is 25.9 Å². The fourth-order valence-corrected chi connectivity index (χ4v) is 8.70. The van der Waals surface area contributed by atoms with E-state index in [0.29, 0.717) is 38.5 Å². The van der Waals surface area contributed by atoms with Gasteiger partial charge in [0.05, 0.1) is 19.1 Å². The highest BCUT2D eigenvalue weighted by molar-refractivity contribution is 9.11. The van der Waals surface area contributed by atoms with Crippen LogP contribution in [0.5, 0.6) is 0 Å². The van der Waals surface area contributed by atoms with Gasteiger partial charge in [-0.15, -0.1) is 22.7 Å². The number of halogens is 2. The average Bonchev–Trinajstić information content (AvgIpc) is 3.19. The molecule has 0 fully saturated rings. The molecule has 0 amide bonds. The lowest BCUT2D eigenvalue weighted by Gasteiger charge is -2.31. The fraction of sp³-hybridized carbons (Fsp3) is 0.529. The van der Waals surface area contributed by atoms with Crippen LogP contribution < -0.4 is 0 Å². The molecular weight excluding hydrogens is 588 g/mol. The van der Waals surface area contributed by atoms with Gasteiger partial charge in [-0.05, 0) is 80.8 Å². The topological polar surface area (TPSA) is 109 Å². The molecule has 0 aliphatic heterocycles. The van der Waals surface area contributed by atoms with Gasteiger partial charge >= 0.3 is 0 Å². The van der Waals surface area contributed by atoms with Crippen LogP contribution in [0.3, 0.4) is 0 Å². The Balaban J connectivity index is 1.89. The Morgan fingerprint density at radius 2 is 1.14 bits per heavy atom. The monoisotopic (exact) mass is 606 g/mol. The van der Waals surface area contributed by atoms with Crippen molar-refractivity contribution in [2.75, 3.05) is 11.5 Å². The quantitative estimate of drug-likeness (QED) is 0.264. The lowest BCUT2D eigenvalue weighted by Crippen LogP contribution is -2.25. The van der Waals surface area contributed by atoms with Gasteiger partial charge in [-0.25, -0.2) is 0 Å². The summed E-state index contributed by atoms with van der Waals surface area (Å²) in [6.45, 7) is 0. The van der Waals surface area contributed by atoms with Gasteiger partial charge in [-0.2, -0.15) is 16.8 Å². The Labute approximate surface area is 195 Å². The van der Waals surface area contributed by atoms with Crippen LogP contribution >= 0.6 is 54.5 Å². The molecule has 162 valence electrons. The van der Waals surface area contributed by atoms with E-state index in [2.05, 4.69) is 44.0 Å². The minimum Gasteiger partial charge on any atom is -0.286 e. The molecule has 29 heavy (non-hydrogen) atoms. The highest BCUT2D eigenvalue weighted by Gasteiger charge is 2.45. The molecule has 0 aromatic carbocycles. The van der Waals surface area contributed by atoms with E-state index in [4.69, 9.17) is 9.11 Å². The zero-order chi connectivity index (χ0) is 21.4. The summed E-state index contributed by atoms with van der Waals surface area (Å²) in [4.78, 5) is 2.37. The van der Waals surface area contributed by atoms with E-state index < -0.39 is 20.2 Å². The Morgan fingerprint density at radius 1 is 0.759 bits per heavy atom. The van der Waals surface area contributed by atoms with Crippen molar-refractivity contribution in [1.82, 2.24) is 0 Å². The van der Waals surface area contributed by atoms with E-state index in [1.54, 1.807) is 22.7 Å². The summed E-state index contributed by atoms with van der Waals surface area (Å²) < 4.78 is 64.4. The van der Waals surface area contributed by atoms with Crippen LogP contribution in [0.25, 0.3) is 9.75 Å². The number of hydrogen-bond acceptors (Lipinski definition) is 6. The lowest BCUT2D eigenvalue weighted by molar-refractivity contribution is 0.410. The van der Waals surface area contributed by atoms with Crippen molar-refractivity contribution in [3.63, 3.8) is 0 Å². The van der Waals surface area contributed by atoms with Gasteiger partial charge in [-0.3, -0.25) is 9.11 Å². The predicted octanol–water partition coefficient (Wildman–Crippen LogP) is 5.72. The summed E-state index contributed by atoms with van der Waals surface area (Å²) in [6, 6.07) is 4.21. The smallest absolute Gasteiger partial charge is 0.264 e. The van der Waals surface area contributed by atoms with Crippen molar-refractivity contribution in [3.05, 3.63) is 30.8 Å². The third-order valence-electron chi connectivity index (χ3n) is 5.15. The highest BCUT2D eigenvalue weighted by Crippen LogP contribution is 2.60. The van der Waals surface area contributed by atoms with Crippen LogP contribution in [-0.4, -0.2) is 37.4 Å². The van der Waals surface area contributed by atoms with Crippen molar-refractivity contribution in [2.24, 2.45) is 0 Å². The normalized spacial score (nSPS) is 15.4. The average molecular weight is 608 g/mol. The molecule has 2 heterocycles. The first-order chi connectivity index (χ1) is 13.4. The van der Waals surface area contributed by atoms with Gasteiger partial charge in [0, 0.05) is 15.2 Å². The van der Waals surface area contributed by atoms with Gasteiger partial charge in [0.15, 0.2) is 0 Å². The Morgan fingerprint density at radius 3 is 1.48 bits per heavy atom. The van der Waals surface area contributed by atoms with Crippen LogP contribution in [0.2, 0.25) is 0 Å². The Hall–Kier alpha value is 0.180. The summed E-state index contributed by atoms with van der Waals surface area (Å²) in [5.41, 5.74) is 2.03. The van der Waals surface area contributed by atoms with E-state index in [9.17, 15) is 16.8 Å². The largest absolute Gasteiger partial charge is 0.286 e. The van der Waals surface area contributed by atoms with Crippen LogP contribution in [0, 0.1) is 0 Å². The molecule has 0 spiro atoms. The number of fused-ring (bicyclic) bond motifs is 3. The van der Waals surface area contributed by atoms with Crippen LogP contribution in [0.1, 0.15) is 49.7 Å². The van der Waals surface area contributed by atoms with Gasteiger partial charge in [0.25, 0.3) is 20.2 Å². The van der Waals surface area contributed by atoms with E-state index in [-0.39, 0.29) is 16.9 Å². The summed E-state index contributed by atoms with van der Waals surface area (Å²) in [7, 11) is -7.99. The second-order valence-electron chi connectivity index (χ2n) is 7.16. The van der Waals surface area contributed by atoms with Crippen molar-refractivity contribution in [2.45, 2.75) is 43.9 Å². The zero-order valence-corrected chi connectivity index (χ0v) is 21.7. The zero-order valence-electron chi connectivity index (χ0n) is 15.2. The number of rotatable bonds is 10. The van der Waals surface area contributed by atoms with Crippen LogP contribution in [0.15, 0.2) is 19.7 Å². The summed E-state index contributed by atoms with van der Waals surface area (Å²) in [6.07, 6.45) is 3.32. The first kappa shape index (κ1) is 23.8. The molecule has 0 radical (unpaired) electrons. The standard InChI is InChI=1S/C17H20Br2O6S4/c18-13-9-11-15(26-13)16-12(10-14(19)27-16)17(11,5-1-3-7-28(20,21)22)6-2-4-8-29(23,24)25/h9-10H,1-8H2,(H,20,21,22)(H,23,24,25). The molecule has 1 aliphatic carbocycles. The maximum Gasteiger partial charge on any atom is 0.264 e. The maximum absolute atomic E-state index is 11.1. The van der Waals surface area contributed by atoms with E-state index >= 15 is 0 Å². The molecular formula is C17H20Br2O6S4. The second kappa shape index (κ2) is 8.97. The minimum absolute atomic E-state index is 0.272. The Bertz CT molecular complexity index is 1010. The number of hydrogen-bond donors (Lipinski definition) is 2. The van der Waals surface area contributed by atoms with Crippen molar-refractivity contribution in [3.8, 4) is 9.75 Å². The number of thiophene rings is 2. The molecule has 2 N–H and O–H groups in total. The molecule has 0 saturated carbocycles. The lowest BCUT2D eigenvalue weighted by atomic mass is 9.72. The van der Waals surface area contributed by atoms with Gasteiger partial charge in [0.2, 0.25) is 0 Å². The molecule has 0 bridgehead atoms. The van der Waals surface area contributed by atoms with Crippen molar-refractivity contribution >= 4 is 74.8 Å². The van der Waals surface area contributed by atoms with Gasteiger partial charge in [0.1, 0.15) is 0 Å². The molecule has 0 unspecified atom stereocenters. The molecule has 6 nitrogen and oxygen atoms in total. The summed E-state index contributed by atoms with van der Waals surface area (Å²) >= 11 is 10.5. The maximum atomic E-state index is 11.1. The molecule has 3 rings (SSSR count). The summed E-state index contributed by atoms with van der Waals surface area (Å²) in [5.74, 6) is -0.543. The SMILES string of the molecule is O=S(=O)(O)CCCCC1(CCCCS(=O)(=O)O)c2cc(Br)sc2-c2sc(Br)cc21. The molecule has 2 aromatic rings. The molecule has 1 aliphatic rings. The van der Waals surface area contributed by atoms with Crippen LogP contribution in [0.4, 0.5) is 0 Å². The molecule has 0 saturated heterocycles. The first-order valence-corrected chi connectivity index (χ1v) is 15.4. The van der Waals surface area contributed by atoms with Crippen molar-refractivity contribution in [1.29, 1.82) is 0 Å². The minimum atomic E-state index is -4.00. The fourth-order valence-electron chi connectivity index (χ4n) is 4.00. The molecule has 2 aromatic heterocycles. The molecule has 12 heteroatoms.